The van der Waals surface area contributed by atoms with Gasteiger partial charge in [-0.05, 0) is 29.5 Å². The molecular weight excluding hydrogens is 268 g/mol. The van der Waals surface area contributed by atoms with Gasteiger partial charge >= 0.3 is 0 Å². The average molecular weight is 294 g/mol. The SMILES string of the molecule is CCCc1ccc(-c2ccc(C(=O)C(C)CCC)cc2)cc1. The van der Waals surface area contributed by atoms with E-state index in [1.165, 1.54) is 23.1 Å². The van der Waals surface area contributed by atoms with Crippen molar-refractivity contribution < 1.29 is 4.79 Å². The topological polar surface area (TPSA) is 17.1 Å². The van der Waals surface area contributed by atoms with Gasteiger partial charge in [-0.1, -0.05) is 82.1 Å². The predicted molar refractivity (Wildman–Crippen MR) is 94.3 cm³/mol. The molecule has 22 heavy (non-hydrogen) atoms. The van der Waals surface area contributed by atoms with Gasteiger partial charge in [0.25, 0.3) is 0 Å². The maximum absolute atomic E-state index is 12.3. The van der Waals surface area contributed by atoms with Gasteiger partial charge in [0.05, 0.1) is 0 Å². The molecule has 0 radical (unpaired) electrons. The second-order valence-corrected chi connectivity index (χ2v) is 6.08. The summed E-state index contributed by atoms with van der Waals surface area (Å²) in [5.41, 5.74) is 4.59. The molecule has 0 N–H and O–H groups in total. The average Bonchev–Trinajstić information content (AvgIpc) is 2.55. The quantitative estimate of drug-likeness (QED) is 0.579. The van der Waals surface area contributed by atoms with Crippen LogP contribution < -0.4 is 0 Å². The summed E-state index contributed by atoms with van der Waals surface area (Å²) in [4.78, 5) is 12.3. The highest BCUT2D eigenvalue weighted by Crippen LogP contribution is 2.22. The molecule has 1 heteroatoms. The van der Waals surface area contributed by atoms with E-state index in [0.717, 1.165) is 24.8 Å². The lowest BCUT2D eigenvalue weighted by molar-refractivity contribution is 0.0923. The second-order valence-electron chi connectivity index (χ2n) is 6.08. The van der Waals surface area contributed by atoms with E-state index >= 15 is 0 Å². The van der Waals surface area contributed by atoms with Crippen LogP contribution in [-0.2, 0) is 6.42 Å². The number of ketones is 1. The Morgan fingerprint density at radius 1 is 0.864 bits per heavy atom. The molecule has 0 aliphatic carbocycles. The van der Waals surface area contributed by atoms with Crippen molar-refractivity contribution in [1.82, 2.24) is 0 Å². The zero-order valence-electron chi connectivity index (χ0n) is 13.9. The normalized spacial score (nSPS) is 12.1. The molecule has 1 nitrogen and oxygen atoms in total. The maximum Gasteiger partial charge on any atom is 0.165 e. The molecule has 2 aromatic carbocycles. The largest absolute Gasteiger partial charge is 0.294 e. The van der Waals surface area contributed by atoms with Gasteiger partial charge in [0.1, 0.15) is 0 Å². The monoisotopic (exact) mass is 294 g/mol. The number of aryl methyl sites for hydroxylation is 1. The van der Waals surface area contributed by atoms with Gasteiger partial charge in [-0.15, -0.1) is 0 Å². The highest BCUT2D eigenvalue weighted by molar-refractivity contribution is 5.98. The standard InChI is InChI=1S/C21H26O/c1-4-6-16(3)21(22)20-14-12-19(13-15-20)18-10-8-17(7-5-2)9-11-18/h8-16H,4-7H2,1-3H3. The molecule has 2 rings (SSSR count). The van der Waals surface area contributed by atoms with Gasteiger partial charge in [-0.25, -0.2) is 0 Å². The predicted octanol–water partition coefficient (Wildman–Crippen LogP) is 5.93. The van der Waals surface area contributed by atoms with Crippen LogP contribution >= 0.6 is 0 Å². The maximum atomic E-state index is 12.3. The molecule has 1 atom stereocenters. The van der Waals surface area contributed by atoms with Crippen molar-refractivity contribution in [1.29, 1.82) is 0 Å². The first kappa shape index (κ1) is 16.5. The molecule has 0 amide bonds. The Morgan fingerprint density at radius 3 is 1.91 bits per heavy atom. The van der Waals surface area contributed by atoms with Crippen LogP contribution in [0.25, 0.3) is 11.1 Å². The highest BCUT2D eigenvalue weighted by atomic mass is 16.1. The van der Waals surface area contributed by atoms with Crippen LogP contribution in [0, 0.1) is 5.92 Å². The number of benzene rings is 2. The van der Waals surface area contributed by atoms with Crippen LogP contribution in [0.3, 0.4) is 0 Å². The van der Waals surface area contributed by atoms with E-state index in [1.807, 2.05) is 19.1 Å². The van der Waals surface area contributed by atoms with Crippen LogP contribution in [0.5, 0.6) is 0 Å². The zero-order valence-corrected chi connectivity index (χ0v) is 13.9. The van der Waals surface area contributed by atoms with E-state index in [-0.39, 0.29) is 11.7 Å². The first-order valence-electron chi connectivity index (χ1n) is 8.39. The number of carbonyl (C=O) groups is 1. The van der Waals surface area contributed by atoms with Crippen molar-refractivity contribution in [2.75, 3.05) is 0 Å². The van der Waals surface area contributed by atoms with E-state index < -0.39 is 0 Å². The molecule has 0 heterocycles. The highest BCUT2D eigenvalue weighted by Gasteiger charge is 2.14. The van der Waals surface area contributed by atoms with E-state index in [1.54, 1.807) is 0 Å². The van der Waals surface area contributed by atoms with Crippen LogP contribution in [0.4, 0.5) is 0 Å². The Bertz CT molecular complexity index is 593. The summed E-state index contributed by atoms with van der Waals surface area (Å²) < 4.78 is 0. The van der Waals surface area contributed by atoms with Crippen molar-refractivity contribution in [3.05, 3.63) is 59.7 Å². The van der Waals surface area contributed by atoms with Crippen molar-refractivity contribution >= 4 is 5.78 Å². The number of hydrogen-bond donors (Lipinski definition) is 0. The zero-order chi connectivity index (χ0) is 15.9. The van der Waals surface area contributed by atoms with Gasteiger partial charge in [0, 0.05) is 11.5 Å². The lowest BCUT2D eigenvalue weighted by Crippen LogP contribution is -2.10. The molecule has 0 aliphatic rings. The van der Waals surface area contributed by atoms with Gasteiger partial charge < -0.3 is 0 Å². The first-order chi connectivity index (χ1) is 10.7. The summed E-state index contributed by atoms with van der Waals surface area (Å²) in [7, 11) is 0. The molecule has 1 unspecified atom stereocenters. The summed E-state index contributed by atoms with van der Waals surface area (Å²) in [6.07, 6.45) is 4.31. The van der Waals surface area contributed by atoms with Crippen LogP contribution in [0.2, 0.25) is 0 Å². The van der Waals surface area contributed by atoms with Crippen LogP contribution in [0.1, 0.15) is 56.0 Å². The molecule has 0 fully saturated rings. The molecule has 0 spiro atoms. The summed E-state index contributed by atoms with van der Waals surface area (Å²) >= 11 is 0. The number of rotatable bonds is 7. The number of carbonyl (C=O) groups excluding carboxylic acids is 1. The summed E-state index contributed by atoms with van der Waals surface area (Å²) in [6.45, 7) is 6.34. The van der Waals surface area contributed by atoms with Gasteiger partial charge in [0.2, 0.25) is 0 Å². The number of Topliss-reactive ketones (excluding diaryl/α,β-unsaturated/α-hetero) is 1. The molecule has 0 aliphatic heterocycles. The first-order valence-corrected chi connectivity index (χ1v) is 8.39. The minimum absolute atomic E-state index is 0.115. The smallest absolute Gasteiger partial charge is 0.165 e. The molecule has 0 saturated carbocycles. The summed E-state index contributed by atoms with van der Waals surface area (Å²) in [6, 6.07) is 16.8. The minimum atomic E-state index is 0.115. The third kappa shape index (κ3) is 4.07. The fraction of sp³-hybridized carbons (Fsp3) is 0.381. The Labute approximate surface area is 134 Å². The van der Waals surface area contributed by atoms with Crippen molar-refractivity contribution in [3.8, 4) is 11.1 Å². The fourth-order valence-corrected chi connectivity index (χ4v) is 2.83. The molecule has 116 valence electrons. The minimum Gasteiger partial charge on any atom is -0.294 e. The van der Waals surface area contributed by atoms with Crippen molar-refractivity contribution in [2.24, 2.45) is 5.92 Å². The van der Waals surface area contributed by atoms with Crippen molar-refractivity contribution in [2.45, 2.75) is 46.5 Å². The summed E-state index contributed by atoms with van der Waals surface area (Å²) in [5, 5.41) is 0. The van der Waals surface area contributed by atoms with Gasteiger partial charge in [-0.2, -0.15) is 0 Å². The van der Waals surface area contributed by atoms with Gasteiger partial charge in [-0.3, -0.25) is 4.79 Å². The Hall–Kier alpha value is -1.89. The second kappa shape index (κ2) is 7.93. The molecule has 2 aromatic rings. The number of hydrogen-bond acceptors (Lipinski definition) is 1. The third-order valence-corrected chi connectivity index (χ3v) is 4.16. The molecular formula is C21H26O. The Balaban J connectivity index is 2.12. The fourth-order valence-electron chi connectivity index (χ4n) is 2.83. The summed E-state index contributed by atoms with van der Waals surface area (Å²) in [5.74, 6) is 0.371. The van der Waals surface area contributed by atoms with E-state index in [2.05, 4.69) is 50.2 Å². The lowest BCUT2D eigenvalue weighted by atomic mass is 9.94. The van der Waals surface area contributed by atoms with E-state index in [9.17, 15) is 4.79 Å². The molecule has 0 aromatic heterocycles. The Kier molecular flexibility index (Phi) is 5.94. The molecule has 0 saturated heterocycles. The van der Waals surface area contributed by atoms with E-state index in [0.29, 0.717) is 0 Å². The third-order valence-electron chi connectivity index (χ3n) is 4.16. The molecule has 0 bridgehead atoms. The lowest BCUT2D eigenvalue weighted by Gasteiger charge is -2.10. The van der Waals surface area contributed by atoms with E-state index in [4.69, 9.17) is 0 Å². The van der Waals surface area contributed by atoms with Crippen LogP contribution in [-0.4, -0.2) is 5.78 Å². The van der Waals surface area contributed by atoms with Crippen molar-refractivity contribution in [3.63, 3.8) is 0 Å². The van der Waals surface area contributed by atoms with Crippen LogP contribution in [0.15, 0.2) is 48.5 Å². The van der Waals surface area contributed by atoms with Gasteiger partial charge in [0.15, 0.2) is 5.78 Å². The Morgan fingerprint density at radius 2 is 1.41 bits per heavy atom.